The Hall–Kier alpha value is -3.47. The summed E-state index contributed by atoms with van der Waals surface area (Å²) in [6, 6.07) is 10.2. The van der Waals surface area contributed by atoms with E-state index in [2.05, 4.69) is 10.3 Å². The zero-order valence-corrected chi connectivity index (χ0v) is 19.8. The van der Waals surface area contributed by atoms with E-state index in [9.17, 15) is 23.3 Å². The van der Waals surface area contributed by atoms with Gasteiger partial charge in [-0.15, -0.1) is 0 Å². The Bertz CT molecular complexity index is 1240. The van der Waals surface area contributed by atoms with Gasteiger partial charge in [0.2, 0.25) is 0 Å². The van der Waals surface area contributed by atoms with E-state index in [0.29, 0.717) is 23.9 Å². The fourth-order valence-corrected chi connectivity index (χ4v) is 4.62. The van der Waals surface area contributed by atoms with Gasteiger partial charge in [0.1, 0.15) is 5.82 Å². The van der Waals surface area contributed by atoms with Gasteiger partial charge in [-0.3, -0.25) is 10.1 Å². The number of thiocarbonyl (C=S) groups is 1. The van der Waals surface area contributed by atoms with Crippen molar-refractivity contribution in [2.75, 3.05) is 18.4 Å². The van der Waals surface area contributed by atoms with E-state index in [1.165, 1.54) is 24.3 Å². The van der Waals surface area contributed by atoms with E-state index in [4.69, 9.17) is 12.2 Å². The molecule has 11 heteroatoms. The molecule has 35 heavy (non-hydrogen) atoms. The molecule has 1 saturated heterocycles. The SMILES string of the molecule is Cc1ccc([N+](=O)[O-])cc1NC(=S)N1CCC(c2nccn2Cc2ccccc2C(F)(F)F)CC1. The minimum Gasteiger partial charge on any atom is -0.349 e. The number of hydrogen-bond acceptors (Lipinski definition) is 4. The van der Waals surface area contributed by atoms with Gasteiger partial charge in [-0.25, -0.2) is 4.98 Å². The molecule has 0 saturated carbocycles. The molecule has 3 aromatic rings. The van der Waals surface area contributed by atoms with Gasteiger partial charge in [-0.2, -0.15) is 13.2 Å². The number of non-ortho nitro benzene ring substituents is 1. The van der Waals surface area contributed by atoms with Crippen molar-refractivity contribution in [3.05, 3.63) is 87.5 Å². The highest BCUT2D eigenvalue weighted by Gasteiger charge is 2.33. The van der Waals surface area contributed by atoms with Crippen LogP contribution in [-0.4, -0.2) is 37.6 Å². The number of imidazole rings is 1. The van der Waals surface area contributed by atoms with Gasteiger partial charge in [0.15, 0.2) is 5.11 Å². The highest BCUT2D eigenvalue weighted by atomic mass is 32.1. The van der Waals surface area contributed by atoms with E-state index in [-0.39, 0.29) is 23.7 Å². The molecule has 1 aliphatic heterocycles. The normalized spacial score (nSPS) is 14.7. The van der Waals surface area contributed by atoms with Crippen LogP contribution in [0.1, 0.15) is 41.3 Å². The van der Waals surface area contributed by atoms with Crippen LogP contribution in [0.5, 0.6) is 0 Å². The third kappa shape index (κ3) is 5.61. The molecule has 1 aliphatic rings. The number of benzene rings is 2. The van der Waals surface area contributed by atoms with Crippen molar-refractivity contribution in [2.45, 2.75) is 38.4 Å². The number of piperidine rings is 1. The second-order valence-electron chi connectivity index (χ2n) is 8.52. The van der Waals surface area contributed by atoms with E-state index in [0.717, 1.165) is 30.3 Å². The first kappa shape index (κ1) is 24.6. The molecule has 0 amide bonds. The number of halogens is 3. The molecule has 184 valence electrons. The summed E-state index contributed by atoms with van der Waals surface area (Å²) in [6.07, 6.45) is 0.381. The lowest BCUT2D eigenvalue weighted by molar-refractivity contribution is -0.384. The van der Waals surface area contributed by atoms with Gasteiger partial charge >= 0.3 is 6.18 Å². The molecule has 0 unspecified atom stereocenters. The first-order chi connectivity index (χ1) is 16.6. The lowest BCUT2D eigenvalue weighted by atomic mass is 9.96. The molecule has 4 rings (SSSR count). The maximum atomic E-state index is 13.4. The number of aryl methyl sites for hydroxylation is 1. The maximum Gasteiger partial charge on any atom is 0.416 e. The molecule has 1 fully saturated rings. The van der Waals surface area contributed by atoms with Crippen LogP contribution in [-0.2, 0) is 12.7 Å². The fraction of sp³-hybridized carbons (Fsp3) is 0.333. The van der Waals surface area contributed by atoms with Crippen LogP contribution in [0.2, 0.25) is 0 Å². The van der Waals surface area contributed by atoms with E-state index in [1.54, 1.807) is 29.1 Å². The van der Waals surface area contributed by atoms with Crippen LogP contribution < -0.4 is 5.32 Å². The van der Waals surface area contributed by atoms with Gasteiger partial charge in [0.25, 0.3) is 5.69 Å². The molecule has 0 bridgehead atoms. The standard InChI is InChI=1S/C24H24F3N5O2S/c1-16-6-7-19(32(33)34)14-21(16)29-23(35)30-11-8-17(9-12-30)22-28-10-13-31(22)15-18-4-2-3-5-20(18)24(25,26)27/h2-7,10,13-14,17H,8-9,11-12,15H2,1H3,(H,29,35). The third-order valence-corrected chi connectivity index (χ3v) is 6.59. The molecule has 0 aliphatic carbocycles. The Morgan fingerprint density at radius 2 is 1.94 bits per heavy atom. The molecule has 2 aromatic carbocycles. The third-order valence-electron chi connectivity index (χ3n) is 6.23. The number of hydrogen-bond donors (Lipinski definition) is 1. The first-order valence-corrected chi connectivity index (χ1v) is 11.5. The summed E-state index contributed by atoms with van der Waals surface area (Å²) in [5.74, 6) is 0.844. The van der Waals surface area contributed by atoms with Gasteiger partial charge in [-0.1, -0.05) is 24.3 Å². The van der Waals surface area contributed by atoms with Crippen LogP contribution >= 0.6 is 12.2 Å². The molecule has 1 aromatic heterocycles. The Labute approximate surface area is 205 Å². The van der Waals surface area contributed by atoms with Gasteiger partial charge in [-0.05, 0) is 49.2 Å². The Morgan fingerprint density at radius 3 is 2.63 bits per heavy atom. The molecule has 7 nitrogen and oxygen atoms in total. The number of nitro benzene ring substituents is 1. The lowest BCUT2D eigenvalue weighted by Crippen LogP contribution is -2.40. The number of likely N-dealkylation sites (tertiary alicyclic amines) is 1. The minimum absolute atomic E-state index is 0.0152. The number of rotatable bonds is 5. The zero-order valence-electron chi connectivity index (χ0n) is 19.0. The highest BCUT2D eigenvalue weighted by molar-refractivity contribution is 7.80. The average Bonchev–Trinajstić information content (AvgIpc) is 3.28. The predicted octanol–water partition coefficient (Wildman–Crippen LogP) is 5.74. The molecular formula is C24H24F3N5O2S. The first-order valence-electron chi connectivity index (χ1n) is 11.1. The average molecular weight is 504 g/mol. The molecular weight excluding hydrogens is 479 g/mol. The predicted molar refractivity (Wildman–Crippen MR) is 130 cm³/mol. The fourth-order valence-electron chi connectivity index (χ4n) is 4.33. The summed E-state index contributed by atoms with van der Waals surface area (Å²) in [5, 5.41) is 14.7. The molecule has 0 spiro atoms. The monoisotopic (exact) mass is 503 g/mol. The second kappa shape index (κ2) is 10.0. The Morgan fingerprint density at radius 1 is 1.23 bits per heavy atom. The number of nitro groups is 1. The van der Waals surface area contributed by atoms with Crippen LogP contribution in [0.3, 0.4) is 0 Å². The second-order valence-corrected chi connectivity index (χ2v) is 8.90. The van der Waals surface area contributed by atoms with Crippen LogP contribution in [0.4, 0.5) is 24.5 Å². The maximum absolute atomic E-state index is 13.4. The number of anilines is 1. The van der Waals surface area contributed by atoms with Crippen molar-refractivity contribution in [1.29, 1.82) is 0 Å². The smallest absolute Gasteiger partial charge is 0.349 e. The van der Waals surface area contributed by atoms with Crippen molar-refractivity contribution in [3.8, 4) is 0 Å². The zero-order chi connectivity index (χ0) is 25.2. The molecule has 2 heterocycles. The van der Waals surface area contributed by atoms with E-state index in [1.807, 2.05) is 11.8 Å². The Balaban J connectivity index is 1.41. The summed E-state index contributed by atoms with van der Waals surface area (Å²) in [6.45, 7) is 3.21. The largest absolute Gasteiger partial charge is 0.416 e. The molecule has 0 atom stereocenters. The van der Waals surface area contributed by atoms with Crippen molar-refractivity contribution in [2.24, 2.45) is 0 Å². The van der Waals surface area contributed by atoms with E-state index >= 15 is 0 Å². The van der Waals surface area contributed by atoms with Gasteiger partial charge in [0.05, 0.1) is 10.5 Å². The molecule has 1 N–H and O–H groups in total. The topological polar surface area (TPSA) is 76.2 Å². The number of alkyl halides is 3. The van der Waals surface area contributed by atoms with Crippen LogP contribution in [0.25, 0.3) is 0 Å². The van der Waals surface area contributed by atoms with Crippen molar-refractivity contribution in [3.63, 3.8) is 0 Å². The number of nitrogens with one attached hydrogen (secondary N) is 1. The van der Waals surface area contributed by atoms with Gasteiger partial charge < -0.3 is 14.8 Å². The number of nitrogens with zero attached hydrogens (tertiary/aromatic N) is 4. The van der Waals surface area contributed by atoms with E-state index < -0.39 is 16.7 Å². The molecule has 0 radical (unpaired) electrons. The Kier molecular flexibility index (Phi) is 7.06. The summed E-state index contributed by atoms with van der Waals surface area (Å²) in [7, 11) is 0. The highest BCUT2D eigenvalue weighted by Crippen LogP contribution is 2.33. The summed E-state index contributed by atoms with van der Waals surface area (Å²) < 4.78 is 42.0. The minimum atomic E-state index is -4.41. The van der Waals surface area contributed by atoms with Gasteiger partial charge in [0, 0.05) is 55.8 Å². The summed E-state index contributed by atoms with van der Waals surface area (Å²) >= 11 is 5.54. The van der Waals surface area contributed by atoms with Crippen molar-refractivity contribution in [1.82, 2.24) is 14.5 Å². The lowest BCUT2D eigenvalue weighted by Gasteiger charge is -2.34. The van der Waals surface area contributed by atoms with Crippen LogP contribution in [0, 0.1) is 17.0 Å². The quantitative estimate of drug-likeness (QED) is 0.272. The van der Waals surface area contributed by atoms with Crippen molar-refractivity contribution >= 4 is 28.7 Å². The van der Waals surface area contributed by atoms with Crippen LogP contribution in [0.15, 0.2) is 54.9 Å². The summed E-state index contributed by atoms with van der Waals surface area (Å²) in [5.41, 5.74) is 0.981. The summed E-state index contributed by atoms with van der Waals surface area (Å²) in [4.78, 5) is 17.1. The number of aromatic nitrogens is 2. The van der Waals surface area contributed by atoms with Crippen molar-refractivity contribution < 1.29 is 18.1 Å².